The number of thioether (sulfide) groups is 1. The molecule has 0 aromatic heterocycles. The third-order valence-electron chi connectivity index (χ3n) is 4.23. The van der Waals surface area contributed by atoms with Crippen molar-refractivity contribution in [3.63, 3.8) is 0 Å². The second kappa shape index (κ2) is 6.14. The van der Waals surface area contributed by atoms with E-state index in [4.69, 9.17) is 5.73 Å². The molecule has 2 unspecified atom stereocenters. The molecule has 2 rings (SSSR count). The SMILES string of the molecule is CCN(c1ccccc1F)C1(CN)CCCSC1C. The van der Waals surface area contributed by atoms with Gasteiger partial charge in [0.15, 0.2) is 0 Å². The Kier molecular flexibility index (Phi) is 4.74. The van der Waals surface area contributed by atoms with E-state index in [1.54, 1.807) is 6.07 Å². The summed E-state index contributed by atoms with van der Waals surface area (Å²) in [5.41, 5.74) is 6.67. The first-order valence-corrected chi connectivity index (χ1v) is 8.04. The summed E-state index contributed by atoms with van der Waals surface area (Å²) in [5.74, 6) is 1.03. The van der Waals surface area contributed by atoms with E-state index in [0.717, 1.165) is 19.4 Å². The van der Waals surface area contributed by atoms with Crippen LogP contribution in [0.25, 0.3) is 0 Å². The standard InChI is InChI=1S/C15H23FN2S/c1-3-18(14-8-5-4-7-13(14)16)15(11-17)9-6-10-19-12(15)2/h4-5,7-8,12H,3,6,9-11,17H2,1-2H3. The Morgan fingerprint density at radius 3 is 2.79 bits per heavy atom. The van der Waals surface area contributed by atoms with Gasteiger partial charge >= 0.3 is 0 Å². The van der Waals surface area contributed by atoms with E-state index in [-0.39, 0.29) is 11.4 Å². The number of halogens is 1. The number of hydrogen-bond donors (Lipinski definition) is 1. The first-order valence-electron chi connectivity index (χ1n) is 6.99. The van der Waals surface area contributed by atoms with E-state index >= 15 is 0 Å². The minimum Gasteiger partial charge on any atom is -0.361 e. The first kappa shape index (κ1) is 14.7. The highest BCUT2D eigenvalue weighted by molar-refractivity contribution is 8.00. The summed E-state index contributed by atoms with van der Waals surface area (Å²) in [6.07, 6.45) is 2.19. The van der Waals surface area contributed by atoms with Crippen molar-refractivity contribution in [1.29, 1.82) is 0 Å². The molecular weight excluding hydrogens is 259 g/mol. The fraction of sp³-hybridized carbons (Fsp3) is 0.600. The van der Waals surface area contributed by atoms with E-state index in [2.05, 4.69) is 18.7 Å². The summed E-state index contributed by atoms with van der Waals surface area (Å²) in [4.78, 5) is 2.18. The van der Waals surface area contributed by atoms with Crippen LogP contribution in [0, 0.1) is 5.82 Å². The Morgan fingerprint density at radius 2 is 2.21 bits per heavy atom. The number of hydrogen-bond acceptors (Lipinski definition) is 3. The lowest BCUT2D eigenvalue weighted by atomic mass is 9.86. The number of nitrogens with zero attached hydrogens (tertiary/aromatic N) is 1. The number of nitrogens with two attached hydrogens (primary N) is 1. The van der Waals surface area contributed by atoms with Gasteiger partial charge in [-0.25, -0.2) is 4.39 Å². The van der Waals surface area contributed by atoms with Crippen LogP contribution in [0.4, 0.5) is 10.1 Å². The van der Waals surface area contributed by atoms with E-state index in [9.17, 15) is 4.39 Å². The van der Waals surface area contributed by atoms with Crippen LogP contribution in [0.3, 0.4) is 0 Å². The summed E-state index contributed by atoms with van der Waals surface area (Å²) in [6, 6.07) is 7.03. The van der Waals surface area contributed by atoms with Gasteiger partial charge in [0.05, 0.1) is 11.2 Å². The van der Waals surface area contributed by atoms with E-state index in [1.807, 2.05) is 23.9 Å². The third-order valence-corrected chi connectivity index (χ3v) is 5.69. The number of rotatable bonds is 4. The van der Waals surface area contributed by atoms with Crippen LogP contribution in [0.1, 0.15) is 26.7 Å². The predicted octanol–water partition coefficient (Wildman–Crippen LogP) is 3.27. The topological polar surface area (TPSA) is 29.3 Å². The average molecular weight is 282 g/mol. The number of anilines is 1. The zero-order valence-corrected chi connectivity index (χ0v) is 12.5. The van der Waals surface area contributed by atoms with E-state index < -0.39 is 0 Å². The normalized spacial score (nSPS) is 27.3. The van der Waals surface area contributed by atoms with Crippen molar-refractivity contribution >= 4 is 17.4 Å². The zero-order chi connectivity index (χ0) is 13.9. The highest BCUT2D eigenvalue weighted by Gasteiger charge is 2.42. The number of benzene rings is 1. The Labute approximate surface area is 119 Å². The second-order valence-corrected chi connectivity index (χ2v) is 6.57. The molecule has 2 nitrogen and oxygen atoms in total. The maximum absolute atomic E-state index is 14.1. The molecule has 2 atom stereocenters. The predicted molar refractivity (Wildman–Crippen MR) is 82.4 cm³/mol. The third kappa shape index (κ3) is 2.61. The van der Waals surface area contributed by atoms with E-state index in [0.29, 0.717) is 17.5 Å². The highest BCUT2D eigenvalue weighted by Crippen LogP contribution is 2.40. The van der Waals surface area contributed by atoms with E-state index in [1.165, 1.54) is 11.8 Å². The van der Waals surface area contributed by atoms with Crippen molar-refractivity contribution in [3.8, 4) is 0 Å². The Morgan fingerprint density at radius 1 is 1.47 bits per heavy atom. The first-order chi connectivity index (χ1) is 9.15. The molecule has 1 aliphatic rings. The van der Waals surface area contributed by atoms with Gasteiger partial charge in [0.2, 0.25) is 0 Å². The molecule has 0 radical (unpaired) electrons. The Bertz CT molecular complexity index is 426. The van der Waals surface area contributed by atoms with Gasteiger partial charge in [-0.05, 0) is 37.7 Å². The van der Waals surface area contributed by atoms with Crippen LogP contribution in [0.5, 0.6) is 0 Å². The van der Waals surface area contributed by atoms with Crippen molar-refractivity contribution < 1.29 is 4.39 Å². The van der Waals surface area contributed by atoms with Crippen molar-refractivity contribution in [2.75, 3.05) is 23.7 Å². The molecule has 4 heteroatoms. The van der Waals surface area contributed by atoms with Crippen LogP contribution in [0.15, 0.2) is 24.3 Å². The van der Waals surface area contributed by atoms with Gasteiger partial charge in [-0.1, -0.05) is 19.1 Å². The molecule has 1 heterocycles. The van der Waals surface area contributed by atoms with Crippen LogP contribution in [-0.4, -0.2) is 29.6 Å². The summed E-state index contributed by atoms with van der Waals surface area (Å²) < 4.78 is 14.1. The van der Waals surface area contributed by atoms with Gasteiger partial charge in [-0.2, -0.15) is 11.8 Å². The van der Waals surface area contributed by atoms with Gasteiger partial charge in [0.25, 0.3) is 0 Å². The molecule has 106 valence electrons. The Hall–Kier alpha value is -0.740. The average Bonchev–Trinajstić information content (AvgIpc) is 2.43. The number of likely N-dealkylation sites (N-methyl/N-ethyl adjacent to an activating group) is 1. The lowest BCUT2D eigenvalue weighted by Gasteiger charge is -2.50. The molecule has 1 aliphatic heterocycles. The zero-order valence-electron chi connectivity index (χ0n) is 11.7. The maximum Gasteiger partial charge on any atom is 0.146 e. The summed E-state index contributed by atoms with van der Waals surface area (Å²) in [6.45, 7) is 5.66. The maximum atomic E-state index is 14.1. The summed E-state index contributed by atoms with van der Waals surface area (Å²) >= 11 is 1.95. The van der Waals surface area contributed by atoms with Gasteiger partial charge in [0, 0.05) is 18.3 Å². The molecule has 1 aromatic rings. The molecule has 0 amide bonds. The molecule has 2 N–H and O–H groups in total. The fourth-order valence-electron chi connectivity index (χ4n) is 3.13. The minimum atomic E-state index is -0.153. The molecule has 1 aromatic carbocycles. The van der Waals surface area contributed by atoms with Crippen LogP contribution < -0.4 is 10.6 Å². The largest absolute Gasteiger partial charge is 0.361 e. The molecule has 0 aliphatic carbocycles. The van der Waals surface area contributed by atoms with Gasteiger partial charge in [0.1, 0.15) is 5.82 Å². The molecule has 1 fully saturated rings. The fourth-order valence-corrected chi connectivity index (χ4v) is 4.44. The molecule has 0 spiro atoms. The van der Waals surface area contributed by atoms with Crippen LogP contribution in [-0.2, 0) is 0 Å². The number of para-hydroxylation sites is 1. The quantitative estimate of drug-likeness (QED) is 0.919. The van der Waals surface area contributed by atoms with Gasteiger partial charge in [-0.3, -0.25) is 0 Å². The minimum absolute atomic E-state index is 0.125. The molecule has 19 heavy (non-hydrogen) atoms. The van der Waals surface area contributed by atoms with Crippen molar-refractivity contribution in [1.82, 2.24) is 0 Å². The summed E-state index contributed by atoms with van der Waals surface area (Å²) in [7, 11) is 0. The lowest BCUT2D eigenvalue weighted by molar-refractivity contribution is 0.352. The van der Waals surface area contributed by atoms with Gasteiger partial charge in [-0.15, -0.1) is 0 Å². The Balaban J connectivity index is 2.41. The van der Waals surface area contributed by atoms with Crippen molar-refractivity contribution in [3.05, 3.63) is 30.1 Å². The van der Waals surface area contributed by atoms with Gasteiger partial charge < -0.3 is 10.6 Å². The van der Waals surface area contributed by atoms with Crippen LogP contribution >= 0.6 is 11.8 Å². The van der Waals surface area contributed by atoms with Crippen molar-refractivity contribution in [2.24, 2.45) is 5.73 Å². The summed E-state index contributed by atoms with van der Waals surface area (Å²) in [5, 5.41) is 0.422. The van der Waals surface area contributed by atoms with Crippen LogP contribution in [0.2, 0.25) is 0 Å². The molecule has 1 saturated heterocycles. The molecule has 0 bridgehead atoms. The molecule has 0 saturated carbocycles. The molecular formula is C15H23FN2S. The lowest BCUT2D eigenvalue weighted by Crippen LogP contribution is -2.61. The second-order valence-electron chi connectivity index (χ2n) is 5.12. The smallest absolute Gasteiger partial charge is 0.146 e. The monoisotopic (exact) mass is 282 g/mol. The van der Waals surface area contributed by atoms with Crippen molar-refractivity contribution in [2.45, 2.75) is 37.5 Å². The highest BCUT2D eigenvalue weighted by atomic mass is 32.2.